The highest BCUT2D eigenvalue weighted by molar-refractivity contribution is 6.32. The van der Waals surface area contributed by atoms with Crippen molar-refractivity contribution in [1.82, 2.24) is 15.2 Å². The van der Waals surface area contributed by atoms with E-state index in [9.17, 15) is 20.3 Å². The number of aliphatic hydroxyl groups excluding tert-OH is 2. The number of aliphatic hydroxyl groups is 2. The van der Waals surface area contributed by atoms with Crippen molar-refractivity contribution in [3.8, 4) is 34.4 Å². The molecular formula is C39H43ClN4O7. The number of nitriles is 1. The number of carboxylic acid groups (broad SMARTS) is 1. The van der Waals surface area contributed by atoms with Crippen LogP contribution >= 0.6 is 11.6 Å². The molecule has 1 saturated heterocycles. The van der Waals surface area contributed by atoms with Gasteiger partial charge in [0.2, 0.25) is 0 Å². The van der Waals surface area contributed by atoms with Crippen LogP contribution in [0.25, 0.3) is 11.1 Å². The zero-order valence-electron chi connectivity index (χ0n) is 28.6. The maximum atomic E-state index is 10.9. The van der Waals surface area contributed by atoms with E-state index in [1.807, 2.05) is 30.3 Å². The molecule has 0 spiro atoms. The van der Waals surface area contributed by atoms with Gasteiger partial charge in [-0.05, 0) is 66.3 Å². The van der Waals surface area contributed by atoms with E-state index in [4.69, 9.17) is 30.9 Å². The summed E-state index contributed by atoms with van der Waals surface area (Å²) in [6.45, 7) is 5.90. The Morgan fingerprint density at radius 2 is 1.90 bits per heavy atom. The monoisotopic (exact) mass is 714 g/mol. The number of ether oxygens (including phenoxy) is 3. The minimum Gasteiger partial charge on any atom is -0.494 e. The molecule has 0 bridgehead atoms. The highest BCUT2D eigenvalue weighted by Crippen LogP contribution is 2.35. The van der Waals surface area contributed by atoms with E-state index in [1.165, 1.54) is 6.20 Å². The van der Waals surface area contributed by atoms with E-state index in [1.54, 1.807) is 24.4 Å². The van der Waals surface area contributed by atoms with E-state index in [2.05, 4.69) is 40.3 Å². The van der Waals surface area contributed by atoms with Gasteiger partial charge in [-0.15, -0.1) is 0 Å². The summed E-state index contributed by atoms with van der Waals surface area (Å²) in [4.78, 5) is 17.3. The average molecular weight is 715 g/mol. The highest BCUT2D eigenvalue weighted by atomic mass is 35.5. The quantitative estimate of drug-likeness (QED) is 0.0965. The van der Waals surface area contributed by atoms with Crippen molar-refractivity contribution >= 4 is 17.6 Å². The summed E-state index contributed by atoms with van der Waals surface area (Å²) in [7, 11) is 0. The molecule has 4 N–H and O–H groups in total. The molecule has 1 aromatic heterocycles. The molecule has 12 heteroatoms. The first-order valence-electron chi connectivity index (χ1n) is 16.9. The van der Waals surface area contributed by atoms with Crippen LogP contribution in [0, 0.1) is 18.3 Å². The predicted octanol–water partition coefficient (Wildman–Crippen LogP) is 5.50. The first kappa shape index (κ1) is 37.6. The van der Waals surface area contributed by atoms with Crippen molar-refractivity contribution < 1.29 is 34.3 Å². The third-order valence-corrected chi connectivity index (χ3v) is 8.94. The normalized spacial score (nSPS) is 14.9. The second-order valence-electron chi connectivity index (χ2n) is 12.6. The third-order valence-electron chi connectivity index (χ3n) is 8.65. The first-order chi connectivity index (χ1) is 24.7. The summed E-state index contributed by atoms with van der Waals surface area (Å²) in [6.07, 6.45) is 3.17. The number of hydrogen-bond donors (Lipinski definition) is 4. The maximum absolute atomic E-state index is 10.9. The molecule has 3 aromatic carbocycles. The van der Waals surface area contributed by atoms with Crippen molar-refractivity contribution in [2.45, 2.75) is 58.2 Å². The fourth-order valence-electron chi connectivity index (χ4n) is 5.95. The second kappa shape index (κ2) is 18.5. The molecule has 0 saturated carbocycles. The largest absolute Gasteiger partial charge is 0.494 e. The minimum atomic E-state index is -1.09. The topological polar surface area (TPSA) is 157 Å². The molecule has 1 fully saturated rings. The number of hydrogen-bond acceptors (Lipinski definition) is 10. The van der Waals surface area contributed by atoms with Crippen LogP contribution in [0.1, 0.15) is 47.1 Å². The molecule has 0 amide bonds. The Hall–Kier alpha value is -4.70. The van der Waals surface area contributed by atoms with Gasteiger partial charge in [0.25, 0.3) is 0 Å². The van der Waals surface area contributed by atoms with Crippen LogP contribution in [0.2, 0.25) is 5.02 Å². The summed E-state index contributed by atoms with van der Waals surface area (Å²) in [5.74, 6) is 0.595. The lowest BCUT2D eigenvalue weighted by Crippen LogP contribution is -2.28. The van der Waals surface area contributed by atoms with Gasteiger partial charge in [0.1, 0.15) is 36.5 Å². The van der Waals surface area contributed by atoms with Gasteiger partial charge < -0.3 is 39.7 Å². The summed E-state index contributed by atoms with van der Waals surface area (Å²) < 4.78 is 18.5. The molecule has 1 aliphatic rings. The van der Waals surface area contributed by atoms with Crippen molar-refractivity contribution in [3.63, 3.8) is 0 Å². The van der Waals surface area contributed by atoms with E-state index in [0.717, 1.165) is 60.5 Å². The lowest BCUT2D eigenvalue weighted by Gasteiger charge is -2.18. The molecule has 5 rings (SSSR count). The first-order valence-corrected chi connectivity index (χ1v) is 17.3. The number of aliphatic carboxylic acids is 1. The van der Waals surface area contributed by atoms with Gasteiger partial charge >= 0.3 is 5.97 Å². The van der Waals surface area contributed by atoms with Crippen LogP contribution in [0.5, 0.6) is 17.2 Å². The van der Waals surface area contributed by atoms with Crippen molar-refractivity contribution in [3.05, 3.63) is 106 Å². The number of carboxylic acids is 1. The number of halogens is 1. The maximum Gasteiger partial charge on any atom is 0.306 e. The standard InChI is InChI=1S/C39H43ClN4O7/c1-26-30(6-3-8-35(26)29-5-2-7-34(14-29)49-12-4-10-44-11-9-32(45)23-44)25-51-38-17-37(50-24-28-13-27(18-41)19-42-20-28)31(15-36(38)40)21-43-22-33(46)16-39(47)48/h2-3,5-8,13-15,17,19-20,32-33,43,45-46H,4,9-12,16,21-25H2,1H3,(H,47,48). The number of benzene rings is 3. The molecule has 2 atom stereocenters. The van der Waals surface area contributed by atoms with Crippen molar-refractivity contribution in [1.29, 1.82) is 5.26 Å². The summed E-state index contributed by atoms with van der Waals surface area (Å²) in [5, 5.41) is 41.4. The number of pyridine rings is 1. The van der Waals surface area contributed by atoms with Gasteiger partial charge in [0, 0.05) is 62.3 Å². The van der Waals surface area contributed by atoms with Crippen molar-refractivity contribution in [2.24, 2.45) is 0 Å². The number of carbonyl (C=O) groups is 1. The number of nitrogens with zero attached hydrogens (tertiary/aromatic N) is 3. The predicted molar refractivity (Wildman–Crippen MR) is 193 cm³/mol. The number of rotatable bonds is 18. The lowest BCUT2D eigenvalue weighted by atomic mass is 9.96. The van der Waals surface area contributed by atoms with Crippen LogP contribution in [0.15, 0.2) is 73.1 Å². The SMILES string of the molecule is Cc1c(COc2cc(OCc3cncc(C#N)c3)c(CNCC(O)CC(=O)O)cc2Cl)cccc1-c1cccc(OCCCN2CCC(O)C2)c1. The highest BCUT2D eigenvalue weighted by Gasteiger charge is 2.19. The molecule has 51 heavy (non-hydrogen) atoms. The molecule has 1 aliphatic heterocycles. The molecule has 0 aliphatic carbocycles. The number of likely N-dealkylation sites (tertiary alicyclic amines) is 1. The van der Waals surface area contributed by atoms with Gasteiger partial charge in [-0.2, -0.15) is 5.26 Å². The lowest BCUT2D eigenvalue weighted by molar-refractivity contribution is -0.139. The van der Waals surface area contributed by atoms with Gasteiger partial charge in [0.05, 0.1) is 35.8 Å². The van der Waals surface area contributed by atoms with E-state index in [0.29, 0.717) is 39.8 Å². The molecule has 268 valence electrons. The van der Waals surface area contributed by atoms with Gasteiger partial charge in [0.15, 0.2) is 0 Å². The molecule has 2 heterocycles. The second-order valence-corrected chi connectivity index (χ2v) is 13.0. The number of nitrogens with one attached hydrogen (secondary N) is 1. The smallest absolute Gasteiger partial charge is 0.306 e. The molecular weight excluding hydrogens is 672 g/mol. The van der Waals surface area contributed by atoms with E-state index < -0.39 is 12.1 Å². The zero-order chi connectivity index (χ0) is 36.2. The van der Waals surface area contributed by atoms with E-state index in [-0.39, 0.29) is 38.8 Å². The summed E-state index contributed by atoms with van der Waals surface area (Å²) >= 11 is 6.71. The zero-order valence-corrected chi connectivity index (χ0v) is 29.3. The Bertz CT molecular complexity index is 1830. The van der Waals surface area contributed by atoms with Crippen LogP contribution in [0.4, 0.5) is 0 Å². The van der Waals surface area contributed by atoms with Crippen LogP contribution < -0.4 is 19.5 Å². The fourth-order valence-corrected chi connectivity index (χ4v) is 6.19. The summed E-state index contributed by atoms with van der Waals surface area (Å²) in [6, 6.07) is 21.3. The Labute approximate surface area is 303 Å². The number of aromatic nitrogens is 1. The van der Waals surface area contributed by atoms with Crippen LogP contribution in [0.3, 0.4) is 0 Å². The Kier molecular flexibility index (Phi) is 13.6. The van der Waals surface area contributed by atoms with Gasteiger partial charge in [-0.25, -0.2) is 0 Å². The van der Waals surface area contributed by atoms with Crippen molar-refractivity contribution in [2.75, 3.05) is 32.8 Å². The Morgan fingerprint density at radius 1 is 1.08 bits per heavy atom. The van der Waals surface area contributed by atoms with Gasteiger partial charge in [-0.1, -0.05) is 41.9 Å². The molecule has 2 unspecified atom stereocenters. The van der Waals surface area contributed by atoms with E-state index >= 15 is 0 Å². The molecule has 11 nitrogen and oxygen atoms in total. The third kappa shape index (κ3) is 11.1. The average Bonchev–Trinajstić information content (AvgIpc) is 3.54. The van der Waals surface area contributed by atoms with Crippen LogP contribution in [-0.2, 0) is 24.6 Å². The number of β-amino-alcohol motifs (C(OH)–C–C–N with tert-alkyl or cyclic N) is 1. The summed E-state index contributed by atoms with van der Waals surface area (Å²) in [5.41, 5.74) is 5.91. The Morgan fingerprint density at radius 3 is 2.69 bits per heavy atom. The molecule has 4 aromatic rings. The Balaban J connectivity index is 1.26. The fraction of sp³-hybridized carbons (Fsp3) is 0.359. The minimum absolute atomic E-state index is 0.0604. The van der Waals surface area contributed by atoms with Crippen LogP contribution in [-0.4, -0.2) is 76.2 Å². The molecule has 0 radical (unpaired) electrons. The van der Waals surface area contributed by atoms with Gasteiger partial charge in [-0.3, -0.25) is 9.78 Å².